The van der Waals surface area contributed by atoms with Crippen molar-refractivity contribution in [1.29, 1.82) is 0 Å². The summed E-state index contributed by atoms with van der Waals surface area (Å²) < 4.78 is 1.64. The van der Waals surface area contributed by atoms with Crippen LogP contribution in [0.2, 0.25) is 0 Å². The minimum absolute atomic E-state index is 0.263. The summed E-state index contributed by atoms with van der Waals surface area (Å²) >= 11 is 2.48. The molecule has 1 unspecified atom stereocenters. The largest absolute Gasteiger partial charge is 0.366 e. The molecule has 0 aliphatic heterocycles. The van der Waals surface area contributed by atoms with E-state index in [4.69, 9.17) is 5.73 Å². The van der Waals surface area contributed by atoms with Gasteiger partial charge in [-0.3, -0.25) is 9.59 Å². The number of para-hydroxylation sites is 1. The lowest BCUT2D eigenvalue weighted by atomic mass is 10.1. The fourth-order valence-corrected chi connectivity index (χ4v) is 4.15. The van der Waals surface area contributed by atoms with Crippen LogP contribution in [0, 0.1) is 13.8 Å². The van der Waals surface area contributed by atoms with Crippen LogP contribution in [0.4, 0.5) is 5.00 Å². The minimum atomic E-state index is -0.578. The number of carbonyl (C=O) groups is 2. The Morgan fingerprint density at radius 3 is 2.63 bits per heavy atom. The van der Waals surface area contributed by atoms with Gasteiger partial charge in [0.1, 0.15) is 5.00 Å². The second kappa shape index (κ2) is 7.89. The fraction of sp³-hybridized carbons (Fsp3) is 0.235. The third-order valence-corrected chi connectivity index (χ3v) is 5.77. The second-order valence-corrected chi connectivity index (χ2v) is 8.11. The maximum atomic E-state index is 12.5. The molecule has 2 amide bonds. The number of thioether (sulfide) groups is 1. The topological polar surface area (TPSA) is 116 Å². The normalized spacial score (nSPS) is 12.0. The molecule has 3 rings (SSSR count). The third kappa shape index (κ3) is 4.01. The number of hydrogen-bond donors (Lipinski definition) is 2. The molecule has 0 aliphatic rings. The Balaban J connectivity index is 1.78. The predicted molar refractivity (Wildman–Crippen MR) is 105 cm³/mol. The van der Waals surface area contributed by atoms with E-state index in [1.54, 1.807) is 23.1 Å². The van der Waals surface area contributed by atoms with E-state index in [1.165, 1.54) is 23.1 Å². The highest BCUT2D eigenvalue weighted by molar-refractivity contribution is 8.00. The van der Waals surface area contributed by atoms with Crippen LogP contribution in [0.5, 0.6) is 0 Å². The van der Waals surface area contributed by atoms with Crippen molar-refractivity contribution < 1.29 is 9.59 Å². The van der Waals surface area contributed by atoms with Gasteiger partial charge in [-0.2, -0.15) is 4.68 Å². The van der Waals surface area contributed by atoms with E-state index in [9.17, 15) is 9.59 Å². The number of nitrogens with two attached hydrogens (primary N) is 1. The van der Waals surface area contributed by atoms with Crippen LogP contribution >= 0.6 is 23.1 Å². The number of anilines is 1. The van der Waals surface area contributed by atoms with E-state index in [-0.39, 0.29) is 5.91 Å². The quantitative estimate of drug-likeness (QED) is 0.612. The van der Waals surface area contributed by atoms with Gasteiger partial charge in [-0.25, -0.2) is 0 Å². The Hall–Kier alpha value is -2.72. The molecule has 10 heteroatoms. The summed E-state index contributed by atoms with van der Waals surface area (Å²) in [5, 5.41) is 16.8. The smallest absolute Gasteiger partial charge is 0.251 e. The van der Waals surface area contributed by atoms with E-state index in [0.29, 0.717) is 15.7 Å². The Morgan fingerprint density at radius 1 is 1.26 bits per heavy atom. The summed E-state index contributed by atoms with van der Waals surface area (Å²) in [6.07, 6.45) is 0. The number of carbonyl (C=O) groups excluding carboxylic acids is 2. The zero-order valence-corrected chi connectivity index (χ0v) is 16.6. The van der Waals surface area contributed by atoms with Crippen LogP contribution in [0.15, 0.2) is 34.8 Å². The maximum Gasteiger partial charge on any atom is 0.251 e. The maximum absolute atomic E-state index is 12.5. The first kappa shape index (κ1) is 19.1. The van der Waals surface area contributed by atoms with Crippen LogP contribution < -0.4 is 11.1 Å². The molecule has 2 aromatic heterocycles. The van der Waals surface area contributed by atoms with Gasteiger partial charge in [0.05, 0.1) is 16.5 Å². The highest BCUT2D eigenvalue weighted by Gasteiger charge is 2.22. The van der Waals surface area contributed by atoms with Crippen molar-refractivity contribution in [3.63, 3.8) is 0 Å². The second-order valence-electron chi connectivity index (χ2n) is 5.89. The molecule has 0 bridgehead atoms. The van der Waals surface area contributed by atoms with Gasteiger partial charge in [-0.1, -0.05) is 30.0 Å². The minimum Gasteiger partial charge on any atom is -0.366 e. The number of aryl methyl sites for hydroxylation is 2. The number of thiophene rings is 1. The molecule has 1 aromatic carbocycles. The van der Waals surface area contributed by atoms with E-state index in [2.05, 4.69) is 20.8 Å². The molecule has 0 saturated carbocycles. The third-order valence-electron chi connectivity index (χ3n) is 3.91. The van der Waals surface area contributed by atoms with Crippen molar-refractivity contribution in [2.45, 2.75) is 31.2 Å². The van der Waals surface area contributed by atoms with Crippen molar-refractivity contribution in [3.8, 4) is 5.69 Å². The van der Waals surface area contributed by atoms with Crippen LogP contribution in [0.25, 0.3) is 5.69 Å². The molecule has 0 aliphatic carbocycles. The fourth-order valence-electron chi connectivity index (χ4n) is 2.56. The standard InChI is InChI=1S/C17H18N6O2S2/c1-9-5-4-6-10(2)13(9)23-17(20-21-22-23)27-11(3)15(25)19-16-12(14(18)24)7-8-26-16/h4-8,11H,1-3H3,(H2,18,24)(H,19,25). The first-order chi connectivity index (χ1) is 12.9. The molecule has 0 saturated heterocycles. The highest BCUT2D eigenvalue weighted by atomic mass is 32.2. The summed E-state index contributed by atoms with van der Waals surface area (Å²) in [6, 6.07) is 7.52. The summed E-state index contributed by atoms with van der Waals surface area (Å²) in [6.45, 7) is 5.72. The molecule has 0 fully saturated rings. The number of primary amides is 1. The number of benzene rings is 1. The number of aromatic nitrogens is 4. The monoisotopic (exact) mass is 402 g/mol. The zero-order chi connectivity index (χ0) is 19.6. The van der Waals surface area contributed by atoms with Gasteiger partial charge in [-0.05, 0) is 53.8 Å². The summed E-state index contributed by atoms with van der Waals surface area (Å²) in [4.78, 5) is 23.9. The average Bonchev–Trinajstić information content (AvgIpc) is 3.24. The Labute approximate surface area is 164 Å². The van der Waals surface area contributed by atoms with Gasteiger partial charge in [0.25, 0.3) is 5.91 Å². The van der Waals surface area contributed by atoms with E-state index in [1.807, 2.05) is 32.0 Å². The van der Waals surface area contributed by atoms with Crippen molar-refractivity contribution >= 4 is 39.9 Å². The molecule has 0 radical (unpaired) electrons. The van der Waals surface area contributed by atoms with E-state index < -0.39 is 11.2 Å². The van der Waals surface area contributed by atoms with Crippen LogP contribution in [0.1, 0.15) is 28.4 Å². The number of rotatable bonds is 6. The Bertz CT molecular complexity index is 977. The molecule has 3 aromatic rings. The lowest BCUT2D eigenvalue weighted by Crippen LogP contribution is -2.24. The Kier molecular flexibility index (Phi) is 5.57. The zero-order valence-electron chi connectivity index (χ0n) is 15.0. The molecule has 27 heavy (non-hydrogen) atoms. The van der Waals surface area contributed by atoms with Crippen LogP contribution in [-0.4, -0.2) is 37.3 Å². The lowest BCUT2D eigenvalue weighted by molar-refractivity contribution is -0.115. The molecule has 3 N–H and O–H groups in total. The number of nitrogens with zero attached hydrogens (tertiary/aromatic N) is 4. The summed E-state index contributed by atoms with van der Waals surface area (Å²) in [5.41, 5.74) is 8.57. The van der Waals surface area contributed by atoms with Crippen molar-refractivity contribution in [1.82, 2.24) is 20.2 Å². The molecular weight excluding hydrogens is 384 g/mol. The SMILES string of the molecule is Cc1cccc(C)c1-n1nnnc1SC(C)C(=O)Nc1sccc1C(N)=O. The summed E-state index contributed by atoms with van der Waals surface area (Å²) in [7, 11) is 0. The number of amides is 2. The van der Waals surface area contributed by atoms with Crippen molar-refractivity contribution in [2.75, 3.05) is 5.32 Å². The molecule has 0 spiro atoms. The molecule has 2 heterocycles. The molecular formula is C17H18N6O2S2. The predicted octanol–water partition coefficient (Wildman–Crippen LogP) is 2.56. The first-order valence-electron chi connectivity index (χ1n) is 8.08. The molecule has 140 valence electrons. The lowest BCUT2D eigenvalue weighted by Gasteiger charge is -2.13. The van der Waals surface area contributed by atoms with Crippen molar-refractivity contribution in [2.24, 2.45) is 5.73 Å². The number of tetrazole rings is 1. The summed E-state index contributed by atoms with van der Waals surface area (Å²) in [5.74, 6) is -0.841. The molecule has 1 atom stereocenters. The van der Waals surface area contributed by atoms with Gasteiger partial charge in [0.15, 0.2) is 0 Å². The van der Waals surface area contributed by atoms with Gasteiger partial charge in [-0.15, -0.1) is 16.4 Å². The van der Waals surface area contributed by atoms with Gasteiger partial charge in [0.2, 0.25) is 11.1 Å². The van der Waals surface area contributed by atoms with E-state index in [0.717, 1.165) is 16.8 Å². The average molecular weight is 403 g/mol. The van der Waals surface area contributed by atoms with Gasteiger partial charge in [0, 0.05) is 0 Å². The van der Waals surface area contributed by atoms with E-state index >= 15 is 0 Å². The van der Waals surface area contributed by atoms with Gasteiger partial charge < -0.3 is 11.1 Å². The number of nitrogens with one attached hydrogen (secondary N) is 1. The Morgan fingerprint density at radius 2 is 1.96 bits per heavy atom. The van der Waals surface area contributed by atoms with Crippen LogP contribution in [0.3, 0.4) is 0 Å². The van der Waals surface area contributed by atoms with Gasteiger partial charge >= 0.3 is 0 Å². The first-order valence-corrected chi connectivity index (χ1v) is 9.84. The number of hydrogen-bond acceptors (Lipinski definition) is 7. The highest BCUT2D eigenvalue weighted by Crippen LogP contribution is 2.28. The van der Waals surface area contributed by atoms with Crippen molar-refractivity contribution in [3.05, 3.63) is 46.3 Å². The van der Waals surface area contributed by atoms with Crippen LogP contribution in [-0.2, 0) is 4.79 Å². The molecule has 8 nitrogen and oxygen atoms in total.